The molecular formula is C19H25F2N5O3. The van der Waals surface area contributed by atoms with Crippen LogP contribution in [-0.2, 0) is 9.59 Å². The largest absolute Gasteiger partial charge is 0.367 e. The van der Waals surface area contributed by atoms with Crippen LogP contribution in [0.3, 0.4) is 0 Å². The van der Waals surface area contributed by atoms with Gasteiger partial charge >= 0.3 is 0 Å². The molecule has 10 heteroatoms. The van der Waals surface area contributed by atoms with E-state index < -0.39 is 29.1 Å². The summed E-state index contributed by atoms with van der Waals surface area (Å²) in [6, 6.07) is 1.38. The topological polar surface area (TPSA) is 112 Å². The number of hydrogen-bond acceptors (Lipinski definition) is 5. The Morgan fingerprint density at radius 3 is 2.52 bits per heavy atom. The lowest BCUT2D eigenvalue weighted by atomic mass is 9.88. The third-order valence-electron chi connectivity index (χ3n) is 5.53. The normalized spacial score (nSPS) is 23.9. The second-order valence-electron chi connectivity index (χ2n) is 7.93. The average Bonchev–Trinajstić information content (AvgIpc) is 3.02. The minimum Gasteiger partial charge on any atom is -0.367 e. The molecule has 1 aromatic rings. The van der Waals surface area contributed by atoms with E-state index in [4.69, 9.17) is 0 Å². The summed E-state index contributed by atoms with van der Waals surface area (Å²) in [7, 11) is 0. The van der Waals surface area contributed by atoms with Gasteiger partial charge in [-0.15, -0.1) is 0 Å². The van der Waals surface area contributed by atoms with Gasteiger partial charge < -0.3 is 10.6 Å². The fourth-order valence-electron chi connectivity index (χ4n) is 3.51. The predicted molar refractivity (Wildman–Crippen MR) is 101 cm³/mol. The SMILES string of the molecule is Cc1cnc(NC2CCC(F)(F)CC2)c(C(=O)NNC(=O)C2(C)CCNC2=O)c1. The number of hydrogen-bond donors (Lipinski definition) is 4. The summed E-state index contributed by atoms with van der Waals surface area (Å²) in [5.41, 5.74) is 4.29. The third kappa shape index (κ3) is 4.63. The fraction of sp³-hybridized carbons (Fsp3) is 0.579. The van der Waals surface area contributed by atoms with Gasteiger partial charge in [-0.05, 0) is 44.7 Å². The Balaban J connectivity index is 1.66. The Hall–Kier alpha value is -2.78. The lowest BCUT2D eigenvalue weighted by Gasteiger charge is -2.29. The molecule has 8 nitrogen and oxygen atoms in total. The maximum absolute atomic E-state index is 13.4. The second-order valence-corrected chi connectivity index (χ2v) is 7.93. The van der Waals surface area contributed by atoms with E-state index >= 15 is 0 Å². The average molecular weight is 409 g/mol. The van der Waals surface area contributed by atoms with Gasteiger partial charge in [0.1, 0.15) is 11.2 Å². The number of pyridine rings is 1. The number of rotatable bonds is 4. The van der Waals surface area contributed by atoms with Crippen LogP contribution in [0, 0.1) is 12.3 Å². The first-order valence-corrected chi connectivity index (χ1v) is 9.61. The molecule has 0 aromatic carbocycles. The minimum atomic E-state index is -2.65. The first kappa shape index (κ1) is 20.9. The molecule has 1 aliphatic carbocycles. The van der Waals surface area contributed by atoms with E-state index in [0.29, 0.717) is 13.0 Å². The summed E-state index contributed by atoms with van der Waals surface area (Å²) in [6.45, 7) is 3.67. The van der Waals surface area contributed by atoms with Crippen molar-refractivity contribution in [3.63, 3.8) is 0 Å². The summed E-state index contributed by atoms with van der Waals surface area (Å²) in [6.07, 6.45) is 2.02. The summed E-state index contributed by atoms with van der Waals surface area (Å²) in [4.78, 5) is 41.1. The van der Waals surface area contributed by atoms with Gasteiger partial charge in [0.15, 0.2) is 0 Å². The Morgan fingerprint density at radius 1 is 1.21 bits per heavy atom. The van der Waals surface area contributed by atoms with Gasteiger partial charge in [0.2, 0.25) is 11.8 Å². The first-order chi connectivity index (χ1) is 13.6. The van der Waals surface area contributed by atoms with Gasteiger partial charge in [-0.25, -0.2) is 13.8 Å². The number of amides is 3. The van der Waals surface area contributed by atoms with Crippen molar-refractivity contribution >= 4 is 23.5 Å². The van der Waals surface area contributed by atoms with Crippen molar-refractivity contribution in [1.29, 1.82) is 0 Å². The number of hydrazine groups is 1. The Kier molecular flexibility index (Phi) is 5.72. The number of alkyl halides is 2. The molecule has 1 atom stereocenters. The maximum atomic E-state index is 13.4. The molecule has 1 unspecified atom stereocenters. The molecule has 2 aliphatic rings. The highest BCUT2D eigenvalue weighted by Gasteiger charge is 2.45. The summed E-state index contributed by atoms with van der Waals surface area (Å²) in [5, 5.41) is 5.66. The number of nitrogens with one attached hydrogen (secondary N) is 4. The van der Waals surface area contributed by atoms with E-state index in [0.717, 1.165) is 5.56 Å². The quantitative estimate of drug-likeness (QED) is 0.446. The van der Waals surface area contributed by atoms with Crippen LogP contribution in [0.1, 0.15) is 54.9 Å². The van der Waals surface area contributed by atoms with Gasteiger partial charge in [0.05, 0.1) is 5.56 Å². The number of aromatic nitrogens is 1. The van der Waals surface area contributed by atoms with Gasteiger partial charge in [-0.3, -0.25) is 25.2 Å². The molecule has 0 radical (unpaired) electrons. The summed E-state index contributed by atoms with van der Waals surface area (Å²) >= 11 is 0. The van der Waals surface area contributed by atoms with Crippen LogP contribution in [0.5, 0.6) is 0 Å². The highest BCUT2D eigenvalue weighted by Crippen LogP contribution is 2.34. The molecule has 2 fully saturated rings. The number of nitrogens with zero attached hydrogens (tertiary/aromatic N) is 1. The van der Waals surface area contributed by atoms with Crippen LogP contribution in [-0.4, -0.2) is 41.2 Å². The lowest BCUT2D eigenvalue weighted by Crippen LogP contribution is -2.51. The number of anilines is 1. The van der Waals surface area contributed by atoms with Crippen LogP contribution in [0.25, 0.3) is 0 Å². The molecule has 3 amide bonds. The van der Waals surface area contributed by atoms with Crippen LogP contribution in [0.4, 0.5) is 14.6 Å². The van der Waals surface area contributed by atoms with Gasteiger partial charge in [0.25, 0.3) is 11.8 Å². The number of aryl methyl sites for hydroxylation is 1. The van der Waals surface area contributed by atoms with Gasteiger partial charge in [-0.1, -0.05) is 0 Å². The van der Waals surface area contributed by atoms with Crippen LogP contribution >= 0.6 is 0 Å². The molecule has 0 bridgehead atoms. The van der Waals surface area contributed by atoms with Crippen molar-refractivity contribution in [2.24, 2.45) is 5.41 Å². The maximum Gasteiger partial charge on any atom is 0.273 e. The monoisotopic (exact) mass is 409 g/mol. The van der Waals surface area contributed by atoms with E-state index in [2.05, 4.69) is 26.5 Å². The zero-order valence-electron chi connectivity index (χ0n) is 16.4. The minimum absolute atomic E-state index is 0.184. The standard InChI is InChI=1S/C19H25F2N5O3/c1-11-9-13(14(23-10-11)24-12-3-5-19(20,21)6-4-12)15(27)25-26-17(29)18(2)7-8-22-16(18)28/h9-10,12H,3-8H2,1-2H3,(H,22,28)(H,23,24)(H,25,27)(H,26,29). The van der Waals surface area contributed by atoms with Crippen molar-refractivity contribution in [1.82, 2.24) is 21.2 Å². The van der Waals surface area contributed by atoms with Gasteiger partial charge in [0, 0.05) is 31.6 Å². The Bertz CT molecular complexity index is 822. The molecule has 3 rings (SSSR count). The molecule has 158 valence electrons. The molecule has 1 saturated heterocycles. The molecular weight excluding hydrogens is 384 g/mol. The van der Waals surface area contributed by atoms with Crippen molar-refractivity contribution in [2.45, 2.75) is 57.9 Å². The van der Waals surface area contributed by atoms with Crippen molar-refractivity contribution < 1.29 is 23.2 Å². The van der Waals surface area contributed by atoms with Crippen molar-refractivity contribution in [2.75, 3.05) is 11.9 Å². The van der Waals surface area contributed by atoms with E-state index in [-0.39, 0.29) is 43.1 Å². The summed E-state index contributed by atoms with van der Waals surface area (Å²) in [5.74, 6) is -3.99. The zero-order valence-corrected chi connectivity index (χ0v) is 16.4. The third-order valence-corrected chi connectivity index (χ3v) is 5.53. The fourth-order valence-corrected chi connectivity index (χ4v) is 3.51. The second kappa shape index (κ2) is 7.92. The van der Waals surface area contributed by atoms with Crippen molar-refractivity contribution in [3.05, 3.63) is 23.4 Å². The lowest BCUT2D eigenvalue weighted by molar-refractivity contribution is -0.140. The Labute approximate surface area is 167 Å². The van der Waals surface area contributed by atoms with Gasteiger partial charge in [-0.2, -0.15) is 0 Å². The molecule has 1 aliphatic heterocycles. The Morgan fingerprint density at radius 2 is 1.90 bits per heavy atom. The van der Waals surface area contributed by atoms with Crippen LogP contribution < -0.4 is 21.5 Å². The predicted octanol–water partition coefficient (Wildman–Crippen LogP) is 1.67. The molecule has 4 N–H and O–H groups in total. The van der Waals surface area contributed by atoms with E-state index in [1.54, 1.807) is 19.2 Å². The van der Waals surface area contributed by atoms with E-state index in [9.17, 15) is 23.2 Å². The molecule has 1 saturated carbocycles. The molecule has 2 heterocycles. The number of carbonyl (C=O) groups excluding carboxylic acids is 3. The summed E-state index contributed by atoms with van der Waals surface area (Å²) < 4.78 is 26.7. The first-order valence-electron chi connectivity index (χ1n) is 9.61. The molecule has 29 heavy (non-hydrogen) atoms. The smallest absolute Gasteiger partial charge is 0.273 e. The number of halogens is 2. The van der Waals surface area contributed by atoms with Crippen molar-refractivity contribution in [3.8, 4) is 0 Å². The highest BCUT2D eigenvalue weighted by atomic mass is 19.3. The zero-order chi connectivity index (χ0) is 21.2. The van der Waals surface area contributed by atoms with E-state index in [1.807, 2.05) is 0 Å². The van der Waals surface area contributed by atoms with Crippen LogP contribution in [0.15, 0.2) is 12.3 Å². The molecule has 1 aromatic heterocycles. The molecule has 0 spiro atoms. The van der Waals surface area contributed by atoms with E-state index in [1.165, 1.54) is 6.92 Å². The number of carbonyl (C=O) groups is 3. The van der Waals surface area contributed by atoms with Crippen LogP contribution in [0.2, 0.25) is 0 Å². The highest BCUT2D eigenvalue weighted by molar-refractivity contribution is 6.07.